The van der Waals surface area contributed by atoms with Crippen molar-refractivity contribution in [2.24, 2.45) is 0 Å². The highest BCUT2D eigenvalue weighted by molar-refractivity contribution is 6.68. The summed E-state index contributed by atoms with van der Waals surface area (Å²) >= 11 is 11.5. The first kappa shape index (κ1) is 16.4. The Morgan fingerprint density at radius 3 is 2.60 bits per heavy atom. The lowest BCUT2D eigenvalue weighted by Crippen LogP contribution is -2.42. The van der Waals surface area contributed by atoms with Crippen LogP contribution in [0.15, 0.2) is 24.3 Å². The number of benzene rings is 1. The van der Waals surface area contributed by atoms with E-state index in [2.05, 4.69) is 11.2 Å². The van der Waals surface area contributed by atoms with E-state index in [1.54, 1.807) is 38.1 Å². The summed E-state index contributed by atoms with van der Waals surface area (Å²) in [6.07, 6.45) is 4.82. The van der Waals surface area contributed by atoms with E-state index < -0.39 is 22.3 Å². The molecule has 0 spiro atoms. The largest absolute Gasteiger partial charge is 0.460 e. The highest BCUT2D eigenvalue weighted by Crippen LogP contribution is 2.26. The van der Waals surface area contributed by atoms with E-state index in [1.165, 1.54) is 0 Å². The van der Waals surface area contributed by atoms with Crippen LogP contribution in [0.4, 0.5) is 5.69 Å². The first-order valence-electron chi connectivity index (χ1n) is 5.74. The lowest BCUT2D eigenvalue weighted by atomic mass is 10.2. The Kier molecular flexibility index (Phi) is 5.43. The normalized spacial score (nSPS) is 10.8. The first-order valence-corrected chi connectivity index (χ1v) is 6.50. The molecule has 0 radical (unpaired) electrons. The molecule has 106 valence electrons. The Labute approximate surface area is 127 Å². The molecule has 0 saturated carbocycles. The quantitative estimate of drug-likeness (QED) is 0.402. The van der Waals surface area contributed by atoms with Gasteiger partial charge in [0.15, 0.2) is 0 Å². The standard InChI is InChI=1S/C14H13Cl2NO3/c1-4-10-6-5-7-11(8-10)17-12(18)14(15,16)13(19)20-9(2)3/h1,5-9H,2-3H3,(H,17,18). The number of ether oxygens (including phenoxy) is 1. The fourth-order valence-electron chi connectivity index (χ4n) is 1.28. The summed E-state index contributed by atoms with van der Waals surface area (Å²) in [5.41, 5.74) is 0.954. The first-order chi connectivity index (χ1) is 9.27. The zero-order chi connectivity index (χ0) is 15.3. The average Bonchev–Trinajstić information content (AvgIpc) is 2.38. The topological polar surface area (TPSA) is 55.4 Å². The van der Waals surface area contributed by atoms with Crippen molar-refractivity contribution in [3.05, 3.63) is 29.8 Å². The van der Waals surface area contributed by atoms with Crippen LogP contribution in [-0.4, -0.2) is 22.3 Å². The van der Waals surface area contributed by atoms with Gasteiger partial charge in [-0.1, -0.05) is 35.2 Å². The highest BCUT2D eigenvalue weighted by atomic mass is 35.5. The maximum atomic E-state index is 11.9. The number of halogens is 2. The van der Waals surface area contributed by atoms with Gasteiger partial charge in [-0.2, -0.15) is 0 Å². The Morgan fingerprint density at radius 2 is 2.05 bits per heavy atom. The molecule has 1 amide bonds. The number of hydrogen-bond acceptors (Lipinski definition) is 3. The van der Waals surface area contributed by atoms with E-state index in [4.69, 9.17) is 34.4 Å². The van der Waals surface area contributed by atoms with Gasteiger partial charge in [-0.3, -0.25) is 4.79 Å². The summed E-state index contributed by atoms with van der Waals surface area (Å²) < 4.78 is 2.50. The second kappa shape index (κ2) is 6.65. The van der Waals surface area contributed by atoms with Crippen LogP contribution in [0.1, 0.15) is 19.4 Å². The van der Waals surface area contributed by atoms with Crippen LogP contribution in [-0.2, 0) is 14.3 Å². The van der Waals surface area contributed by atoms with Crippen LogP contribution < -0.4 is 5.32 Å². The van der Waals surface area contributed by atoms with Gasteiger partial charge in [0.2, 0.25) is 0 Å². The SMILES string of the molecule is C#Cc1cccc(NC(=O)C(Cl)(Cl)C(=O)OC(C)C)c1. The predicted octanol–water partition coefficient (Wildman–Crippen LogP) is 2.73. The van der Waals surface area contributed by atoms with Crippen molar-refractivity contribution in [1.82, 2.24) is 0 Å². The molecule has 1 aromatic carbocycles. The van der Waals surface area contributed by atoms with E-state index in [1.807, 2.05) is 0 Å². The number of carbonyl (C=O) groups excluding carboxylic acids is 2. The molecule has 1 aromatic rings. The third kappa shape index (κ3) is 4.16. The molecule has 1 N–H and O–H groups in total. The molecule has 0 heterocycles. The zero-order valence-electron chi connectivity index (χ0n) is 10.9. The van der Waals surface area contributed by atoms with Gasteiger partial charge in [-0.25, -0.2) is 4.79 Å². The summed E-state index contributed by atoms with van der Waals surface area (Å²) in [5, 5.41) is 2.41. The molecular weight excluding hydrogens is 301 g/mol. The van der Waals surface area contributed by atoms with Gasteiger partial charge < -0.3 is 10.1 Å². The number of hydrogen-bond donors (Lipinski definition) is 1. The molecule has 0 atom stereocenters. The second-order valence-electron chi connectivity index (χ2n) is 4.21. The van der Waals surface area contributed by atoms with Crippen LogP contribution in [0.2, 0.25) is 0 Å². The summed E-state index contributed by atoms with van der Waals surface area (Å²) in [5.74, 6) is 0.491. The molecule has 20 heavy (non-hydrogen) atoms. The minimum atomic E-state index is -2.32. The molecule has 1 rings (SSSR count). The number of alkyl halides is 2. The van der Waals surface area contributed by atoms with E-state index in [9.17, 15) is 9.59 Å². The fraction of sp³-hybridized carbons (Fsp3) is 0.286. The van der Waals surface area contributed by atoms with Crippen molar-refractivity contribution < 1.29 is 14.3 Å². The van der Waals surface area contributed by atoms with Crippen molar-refractivity contribution in [2.45, 2.75) is 24.3 Å². The van der Waals surface area contributed by atoms with E-state index in [0.717, 1.165) is 0 Å². The molecule has 6 heteroatoms. The van der Waals surface area contributed by atoms with E-state index >= 15 is 0 Å². The zero-order valence-corrected chi connectivity index (χ0v) is 12.5. The molecule has 0 unspecified atom stereocenters. The third-order valence-corrected chi connectivity index (χ3v) is 2.82. The molecule has 0 aliphatic carbocycles. The van der Waals surface area contributed by atoms with Crippen molar-refractivity contribution in [1.29, 1.82) is 0 Å². The van der Waals surface area contributed by atoms with Gasteiger partial charge >= 0.3 is 5.97 Å². The summed E-state index contributed by atoms with van der Waals surface area (Å²) in [6, 6.07) is 6.49. The molecule has 0 fully saturated rings. The molecule has 0 bridgehead atoms. The summed E-state index contributed by atoms with van der Waals surface area (Å²) in [7, 11) is 0. The Balaban J connectivity index is 2.84. The summed E-state index contributed by atoms with van der Waals surface area (Å²) in [6.45, 7) is 3.24. The van der Waals surface area contributed by atoms with Gasteiger partial charge in [-0.05, 0) is 32.0 Å². The third-order valence-electron chi connectivity index (χ3n) is 2.17. The van der Waals surface area contributed by atoms with Gasteiger partial charge in [0.25, 0.3) is 10.2 Å². The molecule has 4 nitrogen and oxygen atoms in total. The average molecular weight is 314 g/mol. The molecule has 0 aromatic heterocycles. The minimum absolute atomic E-state index is 0.383. The van der Waals surface area contributed by atoms with Crippen LogP contribution in [0, 0.1) is 12.3 Å². The van der Waals surface area contributed by atoms with Gasteiger partial charge in [0.05, 0.1) is 6.10 Å². The van der Waals surface area contributed by atoms with Crippen LogP contribution >= 0.6 is 23.2 Å². The van der Waals surface area contributed by atoms with Crippen LogP contribution in [0.3, 0.4) is 0 Å². The maximum absolute atomic E-state index is 11.9. The monoisotopic (exact) mass is 313 g/mol. The molecule has 0 saturated heterocycles. The van der Waals surface area contributed by atoms with Gasteiger partial charge in [0, 0.05) is 11.3 Å². The Hall–Kier alpha value is -1.70. The van der Waals surface area contributed by atoms with Crippen molar-refractivity contribution in [3.63, 3.8) is 0 Å². The summed E-state index contributed by atoms with van der Waals surface area (Å²) in [4.78, 5) is 23.6. The number of rotatable bonds is 4. The van der Waals surface area contributed by atoms with E-state index in [0.29, 0.717) is 11.3 Å². The minimum Gasteiger partial charge on any atom is -0.460 e. The Bertz CT molecular complexity index is 562. The van der Waals surface area contributed by atoms with E-state index in [-0.39, 0.29) is 0 Å². The lowest BCUT2D eigenvalue weighted by molar-refractivity contribution is -0.150. The van der Waals surface area contributed by atoms with Crippen LogP contribution in [0.25, 0.3) is 0 Å². The second-order valence-corrected chi connectivity index (χ2v) is 5.54. The molecule has 0 aliphatic rings. The number of nitrogens with one attached hydrogen (secondary N) is 1. The number of terminal acetylenes is 1. The van der Waals surface area contributed by atoms with Gasteiger partial charge in [0.1, 0.15) is 0 Å². The maximum Gasteiger partial charge on any atom is 0.352 e. The number of carbonyl (C=O) groups is 2. The Morgan fingerprint density at radius 1 is 1.40 bits per heavy atom. The number of anilines is 1. The van der Waals surface area contributed by atoms with Crippen molar-refractivity contribution in [3.8, 4) is 12.3 Å². The number of esters is 1. The van der Waals surface area contributed by atoms with Gasteiger partial charge in [-0.15, -0.1) is 6.42 Å². The highest BCUT2D eigenvalue weighted by Gasteiger charge is 2.44. The predicted molar refractivity (Wildman–Crippen MR) is 78.7 cm³/mol. The smallest absolute Gasteiger partial charge is 0.352 e. The number of amides is 1. The molecular formula is C14H13Cl2NO3. The molecule has 0 aliphatic heterocycles. The van der Waals surface area contributed by atoms with Crippen molar-refractivity contribution in [2.75, 3.05) is 5.32 Å². The lowest BCUT2D eigenvalue weighted by Gasteiger charge is -2.19. The fourth-order valence-corrected chi connectivity index (χ4v) is 1.46. The van der Waals surface area contributed by atoms with Crippen LogP contribution in [0.5, 0.6) is 0 Å². The van der Waals surface area contributed by atoms with Crippen molar-refractivity contribution >= 4 is 40.8 Å².